The predicted octanol–water partition coefficient (Wildman–Crippen LogP) is 0.898. The van der Waals surface area contributed by atoms with E-state index in [0.717, 1.165) is 0 Å². The van der Waals surface area contributed by atoms with Gasteiger partial charge >= 0.3 is 12.0 Å². The van der Waals surface area contributed by atoms with Gasteiger partial charge in [-0.2, -0.15) is 0 Å². The molecule has 6 heteroatoms. The van der Waals surface area contributed by atoms with Gasteiger partial charge in [0.25, 0.3) is 0 Å². The summed E-state index contributed by atoms with van der Waals surface area (Å²) in [6.07, 6.45) is 0.666. The van der Waals surface area contributed by atoms with E-state index >= 15 is 0 Å². The number of hydrogen-bond donors (Lipinski definition) is 3. The second-order valence-corrected chi connectivity index (χ2v) is 4.66. The molecule has 2 amide bonds. The zero-order chi connectivity index (χ0) is 14.3. The SMILES string of the molecule is CCC(C)C(NC(=O)N(CCO)C(C)C)C(=O)O. The third-order valence-electron chi connectivity index (χ3n) is 2.98. The zero-order valence-electron chi connectivity index (χ0n) is 11.5. The molecule has 0 saturated carbocycles. The minimum Gasteiger partial charge on any atom is -0.480 e. The fourth-order valence-electron chi connectivity index (χ4n) is 1.60. The van der Waals surface area contributed by atoms with Crippen LogP contribution in [0.5, 0.6) is 0 Å². The highest BCUT2D eigenvalue weighted by atomic mass is 16.4. The number of hydrogen-bond acceptors (Lipinski definition) is 3. The van der Waals surface area contributed by atoms with E-state index in [1.54, 1.807) is 6.92 Å². The number of carbonyl (C=O) groups is 2. The number of urea groups is 1. The van der Waals surface area contributed by atoms with Crippen molar-refractivity contribution in [3.63, 3.8) is 0 Å². The molecule has 0 fully saturated rings. The maximum atomic E-state index is 12.0. The van der Waals surface area contributed by atoms with Crippen molar-refractivity contribution in [3.8, 4) is 0 Å². The number of aliphatic hydroxyl groups is 1. The molecule has 3 N–H and O–H groups in total. The lowest BCUT2D eigenvalue weighted by Gasteiger charge is -2.29. The number of nitrogens with zero attached hydrogens (tertiary/aromatic N) is 1. The molecule has 0 bridgehead atoms. The molecule has 0 aromatic heterocycles. The lowest BCUT2D eigenvalue weighted by Crippen LogP contribution is -2.52. The van der Waals surface area contributed by atoms with Crippen LogP contribution in [0.2, 0.25) is 0 Å². The molecule has 0 heterocycles. The summed E-state index contributed by atoms with van der Waals surface area (Å²) in [7, 11) is 0. The molecule has 0 radical (unpaired) electrons. The Bertz CT molecular complexity index is 281. The second-order valence-electron chi connectivity index (χ2n) is 4.66. The smallest absolute Gasteiger partial charge is 0.326 e. The molecule has 6 nitrogen and oxygen atoms in total. The van der Waals surface area contributed by atoms with E-state index in [2.05, 4.69) is 5.32 Å². The molecule has 18 heavy (non-hydrogen) atoms. The van der Waals surface area contributed by atoms with E-state index in [0.29, 0.717) is 6.42 Å². The second kappa shape index (κ2) is 7.92. The van der Waals surface area contributed by atoms with Crippen LogP contribution in [0.15, 0.2) is 0 Å². The first-order valence-corrected chi connectivity index (χ1v) is 6.25. The van der Waals surface area contributed by atoms with Gasteiger partial charge in [-0.05, 0) is 19.8 Å². The summed E-state index contributed by atoms with van der Waals surface area (Å²) < 4.78 is 0. The summed E-state index contributed by atoms with van der Waals surface area (Å²) in [5, 5.41) is 20.5. The minimum atomic E-state index is -1.04. The van der Waals surface area contributed by atoms with Gasteiger partial charge in [-0.15, -0.1) is 0 Å². The van der Waals surface area contributed by atoms with Gasteiger partial charge in [0.2, 0.25) is 0 Å². The quantitative estimate of drug-likeness (QED) is 0.634. The molecule has 0 aromatic carbocycles. The van der Waals surface area contributed by atoms with Gasteiger partial charge in [0.1, 0.15) is 6.04 Å². The first-order valence-electron chi connectivity index (χ1n) is 6.25. The van der Waals surface area contributed by atoms with Gasteiger partial charge in [0, 0.05) is 12.6 Å². The first kappa shape index (κ1) is 16.7. The molecule has 2 atom stereocenters. The Labute approximate surface area is 108 Å². The van der Waals surface area contributed by atoms with E-state index in [1.165, 1.54) is 4.90 Å². The topological polar surface area (TPSA) is 89.9 Å². The fraction of sp³-hybridized carbons (Fsp3) is 0.833. The van der Waals surface area contributed by atoms with Crippen LogP contribution in [0.3, 0.4) is 0 Å². The monoisotopic (exact) mass is 260 g/mol. The molecule has 0 aromatic rings. The summed E-state index contributed by atoms with van der Waals surface area (Å²) in [6, 6.07) is -1.45. The highest BCUT2D eigenvalue weighted by Crippen LogP contribution is 2.09. The molecular weight excluding hydrogens is 236 g/mol. The van der Waals surface area contributed by atoms with Crippen molar-refractivity contribution in [2.24, 2.45) is 5.92 Å². The van der Waals surface area contributed by atoms with Crippen LogP contribution in [0.25, 0.3) is 0 Å². The molecule has 0 aliphatic rings. The van der Waals surface area contributed by atoms with Crippen molar-refractivity contribution in [3.05, 3.63) is 0 Å². The van der Waals surface area contributed by atoms with Gasteiger partial charge in [0.05, 0.1) is 6.61 Å². The fourth-order valence-corrected chi connectivity index (χ4v) is 1.60. The van der Waals surface area contributed by atoms with Gasteiger partial charge in [-0.3, -0.25) is 0 Å². The third kappa shape index (κ3) is 4.91. The number of amides is 2. The largest absolute Gasteiger partial charge is 0.480 e. The van der Waals surface area contributed by atoms with Crippen LogP contribution in [0.4, 0.5) is 4.79 Å². The predicted molar refractivity (Wildman–Crippen MR) is 68.3 cm³/mol. The Hall–Kier alpha value is -1.30. The van der Waals surface area contributed by atoms with Gasteiger partial charge in [-0.25, -0.2) is 9.59 Å². The number of aliphatic hydroxyl groups excluding tert-OH is 1. The number of carboxylic acids is 1. The van der Waals surface area contributed by atoms with Gasteiger partial charge < -0.3 is 20.4 Å². The van der Waals surface area contributed by atoms with Crippen LogP contribution in [-0.2, 0) is 4.79 Å². The number of carbonyl (C=O) groups excluding carboxylic acids is 1. The average molecular weight is 260 g/mol. The van der Waals surface area contributed by atoms with Gasteiger partial charge in [0.15, 0.2) is 0 Å². The Balaban J connectivity index is 4.71. The van der Waals surface area contributed by atoms with Crippen LogP contribution in [0.1, 0.15) is 34.1 Å². The zero-order valence-corrected chi connectivity index (χ0v) is 11.5. The van der Waals surface area contributed by atoms with Crippen molar-refractivity contribution >= 4 is 12.0 Å². The number of aliphatic carboxylic acids is 1. The molecule has 0 aliphatic heterocycles. The van der Waals surface area contributed by atoms with Crippen LogP contribution < -0.4 is 5.32 Å². The van der Waals surface area contributed by atoms with Crippen LogP contribution >= 0.6 is 0 Å². The van der Waals surface area contributed by atoms with Crippen molar-refractivity contribution in [2.75, 3.05) is 13.2 Å². The van der Waals surface area contributed by atoms with E-state index in [1.807, 2.05) is 20.8 Å². The summed E-state index contributed by atoms with van der Waals surface area (Å²) in [5.74, 6) is -1.18. The number of rotatable bonds is 7. The highest BCUT2D eigenvalue weighted by Gasteiger charge is 2.27. The lowest BCUT2D eigenvalue weighted by atomic mass is 9.99. The Morgan fingerprint density at radius 1 is 1.28 bits per heavy atom. The summed E-state index contributed by atoms with van der Waals surface area (Å²) in [6.45, 7) is 7.33. The van der Waals surface area contributed by atoms with Crippen molar-refractivity contribution < 1.29 is 19.8 Å². The average Bonchev–Trinajstić information content (AvgIpc) is 2.30. The first-order chi connectivity index (χ1) is 8.34. The lowest BCUT2D eigenvalue weighted by molar-refractivity contribution is -0.140. The summed E-state index contributed by atoms with van der Waals surface area (Å²) in [4.78, 5) is 24.5. The Kier molecular flexibility index (Phi) is 7.35. The molecule has 0 rings (SSSR count). The van der Waals surface area contributed by atoms with E-state index in [4.69, 9.17) is 10.2 Å². The Morgan fingerprint density at radius 3 is 2.17 bits per heavy atom. The molecule has 0 spiro atoms. The summed E-state index contributed by atoms with van der Waals surface area (Å²) >= 11 is 0. The highest BCUT2D eigenvalue weighted by molar-refractivity contribution is 5.82. The van der Waals surface area contributed by atoms with Crippen LogP contribution in [0, 0.1) is 5.92 Å². The van der Waals surface area contributed by atoms with Crippen molar-refractivity contribution in [1.29, 1.82) is 0 Å². The van der Waals surface area contributed by atoms with E-state index < -0.39 is 18.0 Å². The van der Waals surface area contributed by atoms with Crippen LogP contribution in [-0.4, -0.2) is 52.3 Å². The molecule has 0 saturated heterocycles. The molecular formula is C12H24N2O4. The molecule has 2 unspecified atom stereocenters. The normalized spacial score (nSPS) is 14.1. The maximum absolute atomic E-state index is 12.0. The number of carboxylic acid groups (broad SMARTS) is 1. The van der Waals surface area contributed by atoms with Gasteiger partial charge in [-0.1, -0.05) is 20.3 Å². The standard InChI is InChI=1S/C12H24N2O4/c1-5-9(4)10(11(16)17)13-12(18)14(6-7-15)8(2)3/h8-10,15H,5-7H2,1-4H3,(H,13,18)(H,16,17). The molecule has 106 valence electrons. The van der Waals surface area contributed by atoms with E-state index in [-0.39, 0.29) is 25.1 Å². The third-order valence-corrected chi connectivity index (χ3v) is 2.98. The Morgan fingerprint density at radius 2 is 1.83 bits per heavy atom. The van der Waals surface area contributed by atoms with E-state index in [9.17, 15) is 9.59 Å². The van der Waals surface area contributed by atoms with Crippen molar-refractivity contribution in [2.45, 2.75) is 46.2 Å². The minimum absolute atomic E-state index is 0.0940. The van der Waals surface area contributed by atoms with Crippen molar-refractivity contribution in [1.82, 2.24) is 10.2 Å². The molecule has 0 aliphatic carbocycles. The number of nitrogens with one attached hydrogen (secondary N) is 1. The maximum Gasteiger partial charge on any atom is 0.326 e. The summed E-state index contributed by atoms with van der Waals surface area (Å²) in [5.41, 5.74) is 0.